The molecular formula is C22H20N8O5. The van der Waals surface area contributed by atoms with Gasteiger partial charge in [-0.25, -0.2) is 10.1 Å². The number of hydrogen-bond acceptors (Lipinski definition) is 11. The number of carbonyl (C=O) groups excluding carboxylic acids is 1. The zero-order valence-electron chi connectivity index (χ0n) is 18.5. The summed E-state index contributed by atoms with van der Waals surface area (Å²) in [5, 5.41) is 19.5. The quantitative estimate of drug-likeness (QED) is 0.284. The number of anilines is 1. The summed E-state index contributed by atoms with van der Waals surface area (Å²) >= 11 is 0. The van der Waals surface area contributed by atoms with Gasteiger partial charge in [0.15, 0.2) is 17.2 Å². The van der Waals surface area contributed by atoms with Crippen molar-refractivity contribution >= 4 is 17.9 Å². The Hall–Kier alpha value is -4.94. The van der Waals surface area contributed by atoms with Crippen LogP contribution in [-0.4, -0.2) is 50.8 Å². The number of amides is 1. The molecule has 3 N–H and O–H groups in total. The number of nitrogens with two attached hydrogens (primary N) is 1. The normalized spacial score (nSPS) is 12.3. The average molecular weight is 476 g/mol. The van der Waals surface area contributed by atoms with Gasteiger partial charge in [0.05, 0.1) is 12.8 Å². The molecule has 35 heavy (non-hydrogen) atoms. The van der Waals surface area contributed by atoms with Gasteiger partial charge in [0.2, 0.25) is 18.4 Å². The monoisotopic (exact) mass is 476 g/mol. The molecule has 0 unspecified atom stereocenters. The molecule has 5 rings (SSSR count). The number of nitrogens with zero attached hydrogens (tertiary/aromatic N) is 6. The topological polar surface area (TPSA) is 165 Å². The molecule has 4 aromatic rings. The van der Waals surface area contributed by atoms with Crippen LogP contribution in [0.3, 0.4) is 0 Å². The number of hydrazone groups is 1. The summed E-state index contributed by atoms with van der Waals surface area (Å²) < 4.78 is 22.3. The van der Waals surface area contributed by atoms with E-state index in [4.69, 9.17) is 24.6 Å². The molecule has 0 atom stereocenters. The fraction of sp³-hybridized carbons (Fsp3) is 0.182. The van der Waals surface area contributed by atoms with Crippen molar-refractivity contribution in [2.24, 2.45) is 5.10 Å². The first-order valence-electron chi connectivity index (χ1n) is 10.6. The first kappa shape index (κ1) is 21.9. The van der Waals surface area contributed by atoms with Crippen LogP contribution in [-0.2, 0) is 0 Å². The lowest BCUT2D eigenvalue weighted by atomic mass is 10.1. The van der Waals surface area contributed by atoms with Crippen LogP contribution in [0.2, 0.25) is 0 Å². The first-order chi connectivity index (χ1) is 17.1. The standard InChI is InChI=1S/C22H20N8O5/c1-2-9-32-15-6-4-14(5-7-15)19-18(25-29-30(19)21-20(23)27-35-28-21)22(31)26-24-11-13-3-8-16-17(10-13)34-12-33-16/h3-8,10-11H,2,9,12H2,1H3,(H2,23,27)(H,26,31). The predicted octanol–water partition coefficient (Wildman–Crippen LogP) is 2.18. The molecule has 0 bridgehead atoms. The molecule has 1 aliphatic rings. The zero-order valence-corrected chi connectivity index (χ0v) is 18.5. The Morgan fingerprint density at radius 3 is 2.80 bits per heavy atom. The number of nitrogens with one attached hydrogen (secondary N) is 1. The highest BCUT2D eigenvalue weighted by Gasteiger charge is 2.25. The Balaban J connectivity index is 1.42. The van der Waals surface area contributed by atoms with E-state index in [9.17, 15) is 4.79 Å². The number of ether oxygens (including phenoxy) is 3. The third-order valence-electron chi connectivity index (χ3n) is 4.96. The summed E-state index contributed by atoms with van der Waals surface area (Å²) in [7, 11) is 0. The summed E-state index contributed by atoms with van der Waals surface area (Å²) in [5.41, 5.74) is 9.96. The van der Waals surface area contributed by atoms with E-state index in [1.807, 2.05) is 6.92 Å². The SMILES string of the molecule is CCCOc1ccc(-c2c(C(=O)NN=Cc3ccc4c(c3)OCO4)nnn2-c2nonc2N)cc1. The summed E-state index contributed by atoms with van der Waals surface area (Å²) in [5.74, 6) is 1.45. The molecule has 0 aliphatic carbocycles. The Bertz CT molecular complexity index is 1380. The highest BCUT2D eigenvalue weighted by Crippen LogP contribution is 2.32. The maximum atomic E-state index is 13.0. The smallest absolute Gasteiger partial charge is 0.294 e. The Morgan fingerprint density at radius 1 is 1.20 bits per heavy atom. The summed E-state index contributed by atoms with van der Waals surface area (Å²) in [4.78, 5) is 13.0. The van der Waals surface area contributed by atoms with Gasteiger partial charge in [-0.15, -0.1) is 5.10 Å². The van der Waals surface area contributed by atoms with Gasteiger partial charge < -0.3 is 19.9 Å². The van der Waals surface area contributed by atoms with E-state index in [2.05, 4.69) is 31.2 Å². The van der Waals surface area contributed by atoms with Crippen LogP contribution >= 0.6 is 0 Å². The van der Waals surface area contributed by atoms with Crippen molar-refractivity contribution in [3.63, 3.8) is 0 Å². The van der Waals surface area contributed by atoms with Gasteiger partial charge in [0, 0.05) is 5.56 Å². The van der Waals surface area contributed by atoms with Crippen molar-refractivity contribution < 1.29 is 23.6 Å². The minimum absolute atomic E-state index is 0.00235. The lowest BCUT2D eigenvalue weighted by Gasteiger charge is -2.08. The number of hydrogen-bond donors (Lipinski definition) is 2. The van der Waals surface area contributed by atoms with Crippen molar-refractivity contribution in [1.82, 2.24) is 30.7 Å². The van der Waals surface area contributed by atoms with E-state index in [1.165, 1.54) is 10.9 Å². The molecule has 2 aromatic carbocycles. The molecule has 13 heteroatoms. The highest BCUT2D eigenvalue weighted by molar-refractivity contribution is 5.98. The van der Waals surface area contributed by atoms with E-state index in [1.54, 1.807) is 42.5 Å². The average Bonchev–Trinajstić information content (AvgIpc) is 3.62. The summed E-state index contributed by atoms with van der Waals surface area (Å²) in [6.45, 7) is 2.78. The van der Waals surface area contributed by atoms with Gasteiger partial charge in [0.25, 0.3) is 5.91 Å². The summed E-state index contributed by atoms with van der Waals surface area (Å²) in [6, 6.07) is 12.4. The Morgan fingerprint density at radius 2 is 2.03 bits per heavy atom. The van der Waals surface area contributed by atoms with E-state index in [0.29, 0.717) is 40.7 Å². The van der Waals surface area contributed by atoms with E-state index < -0.39 is 5.91 Å². The fourth-order valence-electron chi connectivity index (χ4n) is 3.32. The Labute approximate surface area is 198 Å². The van der Waals surface area contributed by atoms with E-state index >= 15 is 0 Å². The number of benzene rings is 2. The number of aromatic nitrogens is 5. The number of nitrogen functional groups attached to an aromatic ring is 1. The molecule has 3 heterocycles. The minimum atomic E-state index is -0.593. The van der Waals surface area contributed by atoms with E-state index in [0.717, 1.165) is 6.42 Å². The minimum Gasteiger partial charge on any atom is -0.494 e. The van der Waals surface area contributed by atoms with Crippen LogP contribution in [0, 0.1) is 0 Å². The predicted molar refractivity (Wildman–Crippen MR) is 122 cm³/mol. The molecule has 0 radical (unpaired) electrons. The van der Waals surface area contributed by atoms with Crippen LogP contribution < -0.4 is 25.4 Å². The Kier molecular flexibility index (Phi) is 5.94. The van der Waals surface area contributed by atoms with E-state index in [-0.39, 0.29) is 24.1 Å². The van der Waals surface area contributed by atoms with Crippen LogP contribution in [0.25, 0.3) is 17.1 Å². The van der Waals surface area contributed by atoms with Crippen LogP contribution in [0.15, 0.2) is 52.2 Å². The molecule has 0 saturated heterocycles. The largest absolute Gasteiger partial charge is 0.494 e. The van der Waals surface area contributed by atoms with Crippen molar-refractivity contribution in [2.45, 2.75) is 13.3 Å². The maximum Gasteiger partial charge on any atom is 0.294 e. The first-order valence-corrected chi connectivity index (χ1v) is 10.6. The van der Waals surface area contributed by atoms with Crippen molar-refractivity contribution in [2.75, 3.05) is 19.1 Å². The van der Waals surface area contributed by atoms with Gasteiger partial charge in [-0.05, 0) is 64.8 Å². The molecule has 0 spiro atoms. The molecule has 13 nitrogen and oxygen atoms in total. The number of fused-ring (bicyclic) bond motifs is 1. The van der Waals surface area contributed by atoms with Gasteiger partial charge in [-0.2, -0.15) is 9.78 Å². The second kappa shape index (κ2) is 9.51. The third kappa shape index (κ3) is 4.46. The number of carbonyl (C=O) groups is 1. The second-order valence-electron chi connectivity index (χ2n) is 7.36. The number of rotatable bonds is 8. The molecular weight excluding hydrogens is 456 g/mol. The molecule has 0 saturated carbocycles. The third-order valence-corrected chi connectivity index (χ3v) is 4.96. The van der Waals surface area contributed by atoms with Gasteiger partial charge >= 0.3 is 0 Å². The molecule has 0 fully saturated rings. The summed E-state index contributed by atoms with van der Waals surface area (Å²) in [6.07, 6.45) is 2.36. The van der Waals surface area contributed by atoms with Gasteiger partial charge in [-0.3, -0.25) is 4.79 Å². The van der Waals surface area contributed by atoms with Crippen molar-refractivity contribution in [3.8, 4) is 34.3 Å². The van der Waals surface area contributed by atoms with Gasteiger partial charge in [0.1, 0.15) is 11.4 Å². The molecule has 1 amide bonds. The van der Waals surface area contributed by atoms with Crippen molar-refractivity contribution in [1.29, 1.82) is 0 Å². The van der Waals surface area contributed by atoms with Crippen LogP contribution in [0.4, 0.5) is 5.82 Å². The second-order valence-corrected chi connectivity index (χ2v) is 7.36. The lowest BCUT2D eigenvalue weighted by molar-refractivity contribution is 0.0950. The molecule has 1 aliphatic heterocycles. The highest BCUT2D eigenvalue weighted by atomic mass is 16.7. The van der Waals surface area contributed by atoms with Crippen molar-refractivity contribution in [3.05, 3.63) is 53.7 Å². The molecule has 178 valence electrons. The lowest BCUT2D eigenvalue weighted by Crippen LogP contribution is -2.19. The van der Waals surface area contributed by atoms with Crippen LogP contribution in [0.5, 0.6) is 17.2 Å². The zero-order chi connectivity index (χ0) is 24.2. The fourth-order valence-corrected chi connectivity index (χ4v) is 3.32. The molecule has 2 aromatic heterocycles. The maximum absolute atomic E-state index is 13.0. The van der Waals surface area contributed by atoms with Crippen LogP contribution in [0.1, 0.15) is 29.4 Å². The van der Waals surface area contributed by atoms with Gasteiger partial charge in [-0.1, -0.05) is 12.1 Å².